The average molecular weight is 582 g/mol. The Hall–Kier alpha value is -1.74. The topological polar surface area (TPSA) is 0 Å². The molecule has 194 valence electrons. The first kappa shape index (κ1) is 19.4. The van der Waals surface area contributed by atoms with Gasteiger partial charge in [0.15, 0.2) is 0 Å². The van der Waals surface area contributed by atoms with Gasteiger partial charge >= 0.3 is 224 Å². The summed E-state index contributed by atoms with van der Waals surface area (Å²) in [6.45, 7) is -1.35. The van der Waals surface area contributed by atoms with Crippen molar-refractivity contribution in [2.75, 3.05) is 0 Å². The molecule has 4 aromatic rings. The van der Waals surface area contributed by atoms with Gasteiger partial charge < -0.3 is 0 Å². The summed E-state index contributed by atoms with van der Waals surface area (Å²) in [5, 5.41) is 6.88. The Bertz CT molecular complexity index is 2180. The monoisotopic (exact) mass is 582 g/mol. The van der Waals surface area contributed by atoms with E-state index in [1.807, 2.05) is 0 Å². The standard InChI is InChI=1S/C19H18P.C17H14P.Fe/c1-2-16-10-9-15-19(16)20(17-11-5-3-6-12-17)18-13-7-4-8-14-18;1-3-9-15(10-4-1)18(17-13-7-8-14-17)16-11-5-2-6-12-16;/h3-15H,2H2,1H3;1-14H;. The van der Waals surface area contributed by atoms with Gasteiger partial charge in [-0.3, -0.25) is 0 Å². The van der Waals surface area contributed by atoms with Crippen molar-refractivity contribution in [2.45, 2.75) is 59.5 Å². The van der Waals surface area contributed by atoms with Crippen LogP contribution in [0.1, 0.15) is 13.3 Å². The van der Waals surface area contributed by atoms with Crippen LogP contribution >= 0.6 is 15.8 Å². The van der Waals surface area contributed by atoms with Crippen molar-refractivity contribution in [2.24, 2.45) is 0 Å². The van der Waals surface area contributed by atoms with Crippen LogP contribution < -0.4 is 21.2 Å². The van der Waals surface area contributed by atoms with Gasteiger partial charge in [0.2, 0.25) is 0 Å². The molecule has 14 rings (SSSR count). The molecule has 1 spiro atoms. The molecule has 39 heavy (non-hydrogen) atoms. The van der Waals surface area contributed by atoms with E-state index in [1.54, 1.807) is 21.2 Å². The van der Waals surface area contributed by atoms with E-state index in [4.69, 9.17) is 0 Å². The minimum absolute atomic E-state index is 0.290. The molecule has 10 aliphatic rings. The molecule has 4 aromatic carbocycles. The second kappa shape index (κ2) is 3.07. The fraction of sp³-hybridized carbons (Fsp3) is 0.333. The van der Waals surface area contributed by atoms with Crippen molar-refractivity contribution >= 4 is 37.1 Å². The second-order valence-corrected chi connectivity index (χ2v) is 44.9. The summed E-state index contributed by atoms with van der Waals surface area (Å²) in [5.41, 5.74) is 0. The van der Waals surface area contributed by atoms with Crippen molar-refractivity contribution in [3.63, 3.8) is 0 Å². The van der Waals surface area contributed by atoms with Crippen LogP contribution in [0.2, 0.25) is 38.0 Å². The van der Waals surface area contributed by atoms with E-state index in [-0.39, 0.29) is 15.8 Å². The molecule has 10 aliphatic heterocycles. The Balaban J connectivity index is 1.14. The first-order chi connectivity index (χ1) is 19.1. The number of rotatable bonds is 7. The van der Waals surface area contributed by atoms with Crippen molar-refractivity contribution in [3.05, 3.63) is 121 Å². The van der Waals surface area contributed by atoms with Crippen LogP contribution in [0.3, 0.4) is 0 Å². The molecule has 10 saturated heterocycles. The van der Waals surface area contributed by atoms with E-state index < -0.39 is 6.51 Å². The van der Waals surface area contributed by atoms with Crippen LogP contribution in [0.5, 0.6) is 0 Å². The molecule has 0 aliphatic carbocycles. The van der Waals surface area contributed by atoms with Gasteiger partial charge in [0, 0.05) is 0 Å². The van der Waals surface area contributed by atoms with Gasteiger partial charge in [0.25, 0.3) is 0 Å². The van der Waals surface area contributed by atoms with E-state index in [1.165, 1.54) is 40.1 Å². The molecule has 0 N–H and O–H groups in total. The van der Waals surface area contributed by atoms with Gasteiger partial charge in [-0.2, -0.15) is 0 Å². The molecular weight excluding hydrogens is 550 g/mol. The quantitative estimate of drug-likeness (QED) is 0.152. The minimum atomic E-state index is -4.03. The predicted molar refractivity (Wildman–Crippen MR) is 163 cm³/mol. The molecule has 0 aromatic heterocycles. The van der Waals surface area contributed by atoms with Crippen LogP contribution in [0, 0.1) is 0 Å². The fourth-order valence-corrected chi connectivity index (χ4v) is 131. The summed E-state index contributed by atoms with van der Waals surface area (Å²) >= 11 is 0. The fourth-order valence-electron chi connectivity index (χ4n) is 22.8. The first-order valence-electron chi connectivity index (χ1n) is 15.1. The Kier molecular flexibility index (Phi) is 1.52. The van der Waals surface area contributed by atoms with Crippen LogP contribution in [-0.2, 0) is 6.51 Å². The first-order valence-corrected chi connectivity index (χ1v) is 23.9. The predicted octanol–water partition coefficient (Wildman–Crippen LogP) is 8.24. The molecule has 0 saturated carbocycles. The van der Waals surface area contributed by atoms with Crippen molar-refractivity contribution in [1.82, 2.24) is 0 Å². The average Bonchev–Trinajstić information content (AvgIpc) is 3.96. The molecule has 10 heterocycles. The maximum atomic E-state index is 2.69. The molecule has 0 amide bonds. The zero-order chi connectivity index (χ0) is 25.2. The van der Waals surface area contributed by atoms with E-state index in [0.717, 1.165) is 12.4 Å². The molecule has 0 nitrogen and oxygen atoms in total. The third kappa shape index (κ3) is 0.469. The summed E-state index contributed by atoms with van der Waals surface area (Å²) in [6.07, 6.45) is 1.52. The second-order valence-electron chi connectivity index (χ2n) is 16.3. The molecule has 9 atom stereocenters. The molecular formula is C36H32FeP2. The summed E-state index contributed by atoms with van der Waals surface area (Å²) < 4.78 is 2.32. The van der Waals surface area contributed by atoms with Gasteiger partial charge in [0.05, 0.1) is 0 Å². The van der Waals surface area contributed by atoms with Crippen LogP contribution in [0.4, 0.5) is 0 Å². The molecule has 0 radical (unpaired) electrons. The number of benzene rings is 4. The summed E-state index contributed by atoms with van der Waals surface area (Å²) in [6, 6.07) is 48.2. The summed E-state index contributed by atoms with van der Waals surface area (Å²) in [5.74, 6) is 0. The van der Waals surface area contributed by atoms with Gasteiger partial charge in [-0.1, -0.05) is 0 Å². The zero-order valence-electron chi connectivity index (χ0n) is 22.0. The summed E-state index contributed by atoms with van der Waals surface area (Å²) in [7, 11) is -0.597. The van der Waals surface area contributed by atoms with Crippen molar-refractivity contribution < 1.29 is 6.51 Å². The van der Waals surface area contributed by atoms with E-state index >= 15 is 0 Å². The van der Waals surface area contributed by atoms with Gasteiger partial charge in [0.1, 0.15) is 0 Å². The van der Waals surface area contributed by atoms with Crippen molar-refractivity contribution in [3.8, 4) is 0 Å². The number of fused-ring (bicyclic) bond motifs is 10. The van der Waals surface area contributed by atoms with Gasteiger partial charge in [-0.05, 0) is 0 Å². The molecule has 3 heteroatoms. The SMILES string of the molecule is CC[C]12[CH]3[CH]4[CH]5[C]1(P(c1ccccc1)c1ccccc1)[Fe]43521678[CH]2[CH]1[CH]6[C]7(P(c1ccccc1)c1ccccc1)[CH]28. The van der Waals surface area contributed by atoms with Crippen LogP contribution in [-0.4, -0.2) is 8.11 Å². The zero-order valence-corrected chi connectivity index (χ0v) is 24.9. The Morgan fingerprint density at radius 1 is 0.513 bits per heavy atom. The Morgan fingerprint density at radius 3 is 1.28 bits per heavy atom. The molecule has 10 fully saturated rings. The third-order valence-corrected chi connectivity index (χ3v) is 78.2. The molecule has 9 unspecified atom stereocenters. The van der Waals surface area contributed by atoms with E-state index in [0.29, 0.717) is 0 Å². The Labute approximate surface area is 223 Å². The van der Waals surface area contributed by atoms with E-state index in [2.05, 4.69) is 128 Å². The maximum absolute atomic E-state index is 4.03. The number of hydrogen-bond donors (Lipinski definition) is 0. The van der Waals surface area contributed by atoms with Crippen LogP contribution in [0.25, 0.3) is 0 Å². The van der Waals surface area contributed by atoms with E-state index in [9.17, 15) is 0 Å². The third-order valence-electron chi connectivity index (χ3n) is 20.4. The summed E-state index contributed by atoms with van der Waals surface area (Å²) in [4.78, 5) is 8.68. The molecule has 0 bridgehead atoms. The van der Waals surface area contributed by atoms with Crippen LogP contribution in [0.15, 0.2) is 121 Å². The van der Waals surface area contributed by atoms with Gasteiger partial charge in [-0.15, -0.1) is 0 Å². The van der Waals surface area contributed by atoms with Gasteiger partial charge in [-0.25, -0.2) is 0 Å². The Morgan fingerprint density at radius 2 is 0.923 bits per heavy atom. The number of hydrogen-bond acceptors (Lipinski definition) is 0. The van der Waals surface area contributed by atoms with Crippen molar-refractivity contribution in [1.29, 1.82) is 0 Å². The normalized spacial score (nSPS) is 62.4.